The van der Waals surface area contributed by atoms with E-state index in [2.05, 4.69) is 4.98 Å². The van der Waals surface area contributed by atoms with E-state index < -0.39 is 0 Å². The summed E-state index contributed by atoms with van der Waals surface area (Å²) in [5.74, 6) is 0. The molecule has 2 aromatic rings. The zero-order chi connectivity index (χ0) is 12.5. The summed E-state index contributed by atoms with van der Waals surface area (Å²) in [5.41, 5.74) is 7.77. The normalized spacial score (nSPS) is 20.5. The third-order valence-electron chi connectivity index (χ3n) is 3.12. The van der Waals surface area contributed by atoms with Crippen LogP contribution in [0, 0.1) is 0 Å². The van der Waals surface area contributed by atoms with Crippen LogP contribution in [0.2, 0.25) is 0 Å². The first-order valence-corrected chi connectivity index (χ1v) is 5.90. The summed E-state index contributed by atoms with van der Waals surface area (Å²) in [5, 5.41) is 9.34. The number of para-hydroxylation sites is 1. The number of rotatable bonds is 2. The van der Waals surface area contributed by atoms with Crippen LogP contribution in [0.1, 0.15) is 0 Å². The molecule has 1 saturated heterocycles. The minimum atomic E-state index is -0.118. The third kappa shape index (κ3) is 1.79. The highest BCUT2D eigenvalue weighted by Gasteiger charge is 2.26. The Morgan fingerprint density at radius 3 is 3.17 bits per heavy atom. The summed E-state index contributed by atoms with van der Waals surface area (Å²) < 4.78 is 11.0. The van der Waals surface area contributed by atoms with E-state index >= 15 is 0 Å². The molecule has 6 nitrogen and oxygen atoms in total. The fraction of sp³-hybridized carbons (Fsp3) is 0.417. The highest BCUT2D eigenvalue weighted by Crippen LogP contribution is 2.27. The topological polar surface area (TPSA) is 84.8 Å². The van der Waals surface area contributed by atoms with Gasteiger partial charge < -0.3 is 24.9 Å². The molecule has 0 aliphatic carbocycles. The molecule has 3 N–H and O–H groups in total. The second-order valence-electron chi connectivity index (χ2n) is 4.30. The van der Waals surface area contributed by atoms with E-state index in [0.717, 1.165) is 0 Å². The minimum Gasteiger partial charge on any atom is -0.423 e. The third-order valence-corrected chi connectivity index (χ3v) is 3.12. The van der Waals surface area contributed by atoms with Gasteiger partial charge in [-0.15, -0.1) is 0 Å². The molecule has 3 rings (SSSR count). The SMILES string of the molecule is Nc1cccc2oc(N3CCOCC3CO)nc12. The van der Waals surface area contributed by atoms with E-state index in [0.29, 0.717) is 42.6 Å². The average Bonchev–Trinajstić information content (AvgIpc) is 2.84. The van der Waals surface area contributed by atoms with Gasteiger partial charge in [-0.25, -0.2) is 0 Å². The van der Waals surface area contributed by atoms with Gasteiger partial charge in [-0.3, -0.25) is 0 Å². The fourth-order valence-corrected chi connectivity index (χ4v) is 2.14. The molecule has 0 radical (unpaired) electrons. The number of fused-ring (bicyclic) bond motifs is 1. The van der Waals surface area contributed by atoms with E-state index in [1.807, 2.05) is 17.0 Å². The van der Waals surface area contributed by atoms with Crippen molar-refractivity contribution in [3.05, 3.63) is 18.2 Å². The lowest BCUT2D eigenvalue weighted by Gasteiger charge is -2.32. The Morgan fingerprint density at radius 2 is 2.39 bits per heavy atom. The second kappa shape index (κ2) is 4.47. The van der Waals surface area contributed by atoms with E-state index in [1.165, 1.54) is 0 Å². The minimum absolute atomic E-state index is 0.00814. The Labute approximate surface area is 104 Å². The van der Waals surface area contributed by atoms with E-state index in [-0.39, 0.29) is 12.6 Å². The van der Waals surface area contributed by atoms with Gasteiger partial charge in [0.25, 0.3) is 6.01 Å². The number of nitrogen functional groups attached to an aromatic ring is 1. The number of oxazole rings is 1. The standard InChI is InChI=1S/C12H15N3O3/c13-9-2-1-3-10-11(9)14-12(18-10)15-4-5-17-7-8(15)6-16/h1-3,8,16H,4-7,13H2. The number of benzene rings is 1. The largest absolute Gasteiger partial charge is 0.423 e. The number of hydrogen-bond acceptors (Lipinski definition) is 6. The number of nitrogens with two attached hydrogens (primary N) is 1. The van der Waals surface area contributed by atoms with Gasteiger partial charge in [0.15, 0.2) is 5.58 Å². The Hall–Kier alpha value is -1.79. The number of morpholine rings is 1. The molecule has 1 aromatic carbocycles. The molecular weight excluding hydrogens is 234 g/mol. The quantitative estimate of drug-likeness (QED) is 0.758. The first-order chi connectivity index (χ1) is 8.79. The number of aliphatic hydroxyl groups is 1. The molecular formula is C12H15N3O3. The van der Waals surface area contributed by atoms with Gasteiger partial charge in [0.05, 0.1) is 31.5 Å². The van der Waals surface area contributed by atoms with Crippen LogP contribution in [-0.4, -0.2) is 42.5 Å². The number of aromatic nitrogens is 1. The van der Waals surface area contributed by atoms with Crippen LogP contribution in [0.4, 0.5) is 11.7 Å². The van der Waals surface area contributed by atoms with Crippen molar-refractivity contribution in [3.63, 3.8) is 0 Å². The maximum Gasteiger partial charge on any atom is 0.298 e. The maximum atomic E-state index is 9.34. The zero-order valence-electron chi connectivity index (χ0n) is 9.87. The van der Waals surface area contributed by atoms with Crippen molar-refractivity contribution in [1.29, 1.82) is 0 Å². The summed E-state index contributed by atoms with van der Waals surface area (Å²) in [6, 6.07) is 5.82. The van der Waals surface area contributed by atoms with Gasteiger partial charge in [-0.2, -0.15) is 4.98 Å². The molecule has 0 amide bonds. The molecule has 1 atom stereocenters. The molecule has 2 heterocycles. The van der Waals surface area contributed by atoms with Gasteiger partial charge in [0, 0.05) is 6.54 Å². The van der Waals surface area contributed by atoms with Crippen LogP contribution >= 0.6 is 0 Å². The van der Waals surface area contributed by atoms with E-state index in [9.17, 15) is 5.11 Å². The Balaban J connectivity index is 2.00. The van der Waals surface area contributed by atoms with Gasteiger partial charge >= 0.3 is 0 Å². The van der Waals surface area contributed by atoms with Crippen molar-refractivity contribution in [2.75, 3.05) is 37.0 Å². The van der Waals surface area contributed by atoms with Gasteiger partial charge in [0.2, 0.25) is 0 Å². The lowest BCUT2D eigenvalue weighted by molar-refractivity contribution is 0.0700. The lowest BCUT2D eigenvalue weighted by Crippen LogP contribution is -2.47. The molecule has 96 valence electrons. The highest BCUT2D eigenvalue weighted by atomic mass is 16.5. The van der Waals surface area contributed by atoms with Crippen LogP contribution in [0.5, 0.6) is 0 Å². The van der Waals surface area contributed by atoms with Crippen LogP contribution in [-0.2, 0) is 4.74 Å². The van der Waals surface area contributed by atoms with Crippen LogP contribution < -0.4 is 10.6 Å². The van der Waals surface area contributed by atoms with Crippen molar-refractivity contribution in [1.82, 2.24) is 4.98 Å². The second-order valence-corrected chi connectivity index (χ2v) is 4.30. The summed E-state index contributed by atoms with van der Waals surface area (Å²) >= 11 is 0. The molecule has 0 spiro atoms. The predicted octanol–water partition coefficient (Wildman–Crippen LogP) is 0.607. The summed E-state index contributed by atoms with van der Waals surface area (Å²) in [6.45, 7) is 1.74. The number of hydrogen-bond donors (Lipinski definition) is 2. The zero-order valence-corrected chi connectivity index (χ0v) is 9.87. The lowest BCUT2D eigenvalue weighted by atomic mass is 10.2. The summed E-state index contributed by atoms with van der Waals surface area (Å²) in [7, 11) is 0. The number of anilines is 2. The monoisotopic (exact) mass is 249 g/mol. The van der Waals surface area contributed by atoms with E-state index in [1.54, 1.807) is 6.07 Å². The molecule has 1 unspecified atom stereocenters. The molecule has 6 heteroatoms. The molecule has 1 aromatic heterocycles. The summed E-state index contributed by atoms with van der Waals surface area (Å²) in [6.07, 6.45) is 0. The Kier molecular flexibility index (Phi) is 2.81. The van der Waals surface area contributed by atoms with Gasteiger partial charge in [0.1, 0.15) is 5.52 Å². The number of ether oxygens (including phenoxy) is 1. The predicted molar refractivity (Wildman–Crippen MR) is 67.5 cm³/mol. The van der Waals surface area contributed by atoms with Crippen molar-refractivity contribution in [2.24, 2.45) is 0 Å². The van der Waals surface area contributed by atoms with Gasteiger partial charge in [-0.1, -0.05) is 6.07 Å². The van der Waals surface area contributed by atoms with Crippen LogP contribution in [0.15, 0.2) is 22.6 Å². The van der Waals surface area contributed by atoms with Crippen molar-refractivity contribution >= 4 is 22.8 Å². The number of nitrogens with zero attached hydrogens (tertiary/aromatic N) is 2. The Bertz CT molecular complexity index is 554. The summed E-state index contributed by atoms with van der Waals surface area (Å²) in [4.78, 5) is 6.32. The highest BCUT2D eigenvalue weighted by molar-refractivity contribution is 5.86. The molecule has 1 aliphatic rings. The van der Waals surface area contributed by atoms with Crippen molar-refractivity contribution in [2.45, 2.75) is 6.04 Å². The molecule has 0 bridgehead atoms. The Morgan fingerprint density at radius 1 is 1.50 bits per heavy atom. The van der Waals surface area contributed by atoms with Crippen LogP contribution in [0.25, 0.3) is 11.1 Å². The molecule has 1 fully saturated rings. The molecule has 18 heavy (non-hydrogen) atoms. The fourth-order valence-electron chi connectivity index (χ4n) is 2.14. The van der Waals surface area contributed by atoms with E-state index in [4.69, 9.17) is 14.9 Å². The first-order valence-electron chi connectivity index (χ1n) is 5.90. The van der Waals surface area contributed by atoms with Gasteiger partial charge in [-0.05, 0) is 12.1 Å². The molecule has 1 aliphatic heterocycles. The average molecular weight is 249 g/mol. The first kappa shape index (κ1) is 11.3. The number of aliphatic hydroxyl groups excluding tert-OH is 1. The van der Waals surface area contributed by atoms with Crippen molar-refractivity contribution < 1.29 is 14.3 Å². The smallest absolute Gasteiger partial charge is 0.298 e. The van der Waals surface area contributed by atoms with Crippen LogP contribution in [0.3, 0.4) is 0 Å². The van der Waals surface area contributed by atoms with Crippen molar-refractivity contribution in [3.8, 4) is 0 Å². The maximum absolute atomic E-state index is 9.34. The molecule has 0 saturated carbocycles.